The number of urea groups is 1. The molecule has 1 spiro atoms. The van der Waals surface area contributed by atoms with E-state index in [0.717, 1.165) is 6.08 Å². The molecule has 1 aliphatic carbocycles. The number of furan rings is 1. The molecule has 1 atom stereocenters. The van der Waals surface area contributed by atoms with Crippen LogP contribution in [0.15, 0.2) is 16.3 Å². The van der Waals surface area contributed by atoms with E-state index in [1.54, 1.807) is 0 Å². The van der Waals surface area contributed by atoms with E-state index in [2.05, 4.69) is 5.32 Å². The minimum atomic E-state index is -1.58. The second-order valence-electron chi connectivity index (χ2n) is 4.33. The van der Waals surface area contributed by atoms with Gasteiger partial charge in [-0.2, -0.15) is 0 Å². The molecule has 7 nitrogen and oxygen atoms in total. The number of hydrogen-bond acceptors (Lipinski definition) is 4. The Morgan fingerprint density at radius 1 is 1.47 bits per heavy atom. The van der Waals surface area contributed by atoms with E-state index in [1.807, 2.05) is 5.32 Å². The number of fused-ring (bicyclic) bond motifs is 2. The van der Waals surface area contributed by atoms with Gasteiger partial charge in [-0.15, -0.1) is 0 Å². The molecule has 4 amide bonds. The Kier molecular flexibility index (Phi) is 2.07. The summed E-state index contributed by atoms with van der Waals surface area (Å²) < 4.78 is 18.7. The average Bonchev–Trinajstić information content (AvgIpc) is 2.82. The summed E-state index contributed by atoms with van der Waals surface area (Å²) in [6.07, 6.45) is 0.722. The van der Waals surface area contributed by atoms with E-state index in [0.29, 0.717) is 0 Å². The molecule has 2 heterocycles. The first-order valence-electron chi connectivity index (χ1n) is 5.36. The zero-order valence-corrected chi connectivity index (χ0v) is 9.45. The molecule has 1 aliphatic heterocycles. The van der Waals surface area contributed by atoms with Gasteiger partial charge in [-0.3, -0.25) is 14.9 Å². The summed E-state index contributed by atoms with van der Waals surface area (Å²) in [6.45, 7) is 0. The maximum Gasteiger partial charge on any atom is 0.322 e. The number of primary amides is 1. The largest absolute Gasteiger partial charge is 0.451 e. The third-order valence-electron chi connectivity index (χ3n) is 3.13. The standard InChI is InChI=1S/C11H8FN3O4/c12-4-1-6-5(2-7(19-6)8(13)16)11(3-4)9(17)14-10(18)15-11/h1-2H,3H2,(H2,13,16)(H2,14,15,17,18)/t11-/m0/s1. The minimum absolute atomic E-state index is 0.00472. The van der Waals surface area contributed by atoms with Crippen molar-refractivity contribution < 1.29 is 23.2 Å². The first-order chi connectivity index (χ1) is 8.92. The summed E-state index contributed by atoms with van der Waals surface area (Å²) in [5.74, 6) is -2.39. The molecule has 1 fully saturated rings. The monoisotopic (exact) mass is 265 g/mol. The van der Waals surface area contributed by atoms with Gasteiger partial charge in [0.15, 0.2) is 11.3 Å². The summed E-state index contributed by atoms with van der Waals surface area (Å²) in [6, 6.07) is 0.513. The molecule has 2 aliphatic rings. The van der Waals surface area contributed by atoms with Crippen LogP contribution in [-0.2, 0) is 10.3 Å². The Balaban J connectivity index is 2.21. The summed E-state index contributed by atoms with van der Waals surface area (Å²) in [7, 11) is 0. The van der Waals surface area contributed by atoms with Gasteiger partial charge >= 0.3 is 6.03 Å². The molecule has 8 heteroatoms. The Morgan fingerprint density at radius 3 is 2.79 bits per heavy atom. The van der Waals surface area contributed by atoms with Crippen LogP contribution in [0.3, 0.4) is 0 Å². The van der Waals surface area contributed by atoms with Crippen molar-refractivity contribution in [3.05, 3.63) is 29.0 Å². The van der Waals surface area contributed by atoms with Gasteiger partial charge in [0.05, 0.1) is 0 Å². The van der Waals surface area contributed by atoms with Crippen LogP contribution in [-0.4, -0.2) is 17.8 Å². The quantitative estimate of drug-likeness (QED) is 0.626. The second kappa shape index (κ2) is 3.44. The van der Waals surface area contributed by atoms with Gasteiger partial charge in [0.2, 0.25) is 0 Å². The van der Waals surface area contributed by atoms with Crippen molar-refractivity contribution in [1.29, 1.82) is 0 Å². The maximum atomic E-state index is 13.6. The number of amides is 4. The van der Waals surface area contributed by atoms with E-state index in [4.69, 9.17) is 10.2 Å². The summed E-state index contributed by atoms with van der Waals surface area (Å²) in [4.78, 5) is 34.3. The lowest BCUT2D eigenvalue weighted by Crippen LogP contribution is -2.45. The van der Waals surface area contributed by atoms with E-state index in [-0.39, 0.29) is 23.5 Å². The third-order valence-corrected chi connectivity index (χ3v) is 3.13. The number of rotatable bonds is 1. The van der Waals surface area contributed by atoms with E-state index < -0.39 is 29.2 Å². The topological polar surface area (TPSA) is 114 Å². The van der Waals surface area contributed by atoms with Crippen LogP contribution < -0.4 is 16.4 Å². The van der Waals surface area contributed by atoms with Gasteiger partial charge in [-0.05, 0) is 6.07 Å². The lowest BCUT2D eigenvalue weighted by atomic mass is 9.82. The molecule has 1 saturated heterocycles. The smallest absolute Gasteiger partial charge is 0.322 e. The number of imide groups is 1. The number of hydrogen-bond donors (Lipinski definition) is 3. The second-order valence-corrected chi connectivity index (χ2v) is 4.33. The molecule has 0 radical (unpaired) electrons. The Morgan fingerprint density at radius 2 is 2.21 bits per heavy atom. The highest BCUT2D eigenvalue weighted by Crippen LogP contribution is 2.41. The highest BCUT2D eigenvalue weighted by molar-refractivity contribution is 6.08. The van der Waals surface area contributed by atoms with Crippen LogP contribution in [0.1, 0.15) is 28.3 Å². The van der Waals surface area contributed by atoms with Crippen molar-refractivity contribution in [2.45, 2.75) is 12.0 Å². The minimum Gasteiger partial charge on any atom is -0.451 e. The van der Waals surface area contributed by atoms with Gasteiger partial charge in [0.25, 0.3) is 11.8 Å². The van der Waals surface area contributed by atoms with Crippen LogP contribution in [0, 0.1) is 0 Å². The molecular weight excluding hydrogens is 257 g/mol. The number of carbonyl (C=O) groups excluding carboxylic acids is 3. The van der Waals surface area contributed by atoms with Crippen molar-refractivity contribution in [3.8, 4) is 0 Å². The molecule has 1 aromatic heterocycles. The number of carbonyl (C=O) groups is 3. The van der Waals surface area contributed by atoms with Gasteiger partial charge in [-0.25, -0.2) is 9.18 Å². The van der Waals surface area contributed by atoms with Gasteiger partial charge in [-0.1, -0.05) is 0 Å². The van der Waals surface area contributed by atoms with Crippen LogP contribution in [0.4, 0.5) is 9.18 Å². The van der Waals surface area contributed by atoms with Gasteiger partial charge in [0, 0.05) is 18.1 Å². The fourth-order valence-corrected chi connectivity index (χ4v) is 2.31. The molecule has 0 aromatic carbocycles. The predicted molar refractivity (Wildman–Crippen MR) is 59.3 cm³/mol. The first kappa shape index (κ1) is 11.5. The molecule has 1 aromatic rings. The lowest BCUT2D eigenvalue weighted by Gasteiger charge is -2.27. The number of halogens is 1. The van der Waals surface area contributed by atoms with Crippen molar-refractivity contribution in [1.82, 2.24) is 10.6 Å². The number of nitrogens with one attached hydrogen (secondary N) is 2. The molecule has 0 bridgehead atoms. The normalized spacial score (nSPS) is 24.8. The SMILES string of the molecule is NC(=O)c1cc2c(o1)C=C(F)C[C@]21NC(=O)NC1=O. The molecule has 0 saturated carbocycles. The Hall–Kier alpha value is -2.64. The van der Waals surface area contributed by atoms with Crippen LogP contribution in [0.25, 0.3) is 6.08 Å². The molecule has 3 rings (SSSR count). The van der Waals surface area contributed by atoms with Crippen molar-refractivity contribution >= 4 is 23.9 Å². The fraction of sp³-hybridized carbons (Fsp3) is 0.182. The van der Waals surface area contributed by atoms with Crippen LogP contribution >= 0.6 is 0 Å². The van der Waals surface area contributed by atoms with E-state index in [1.165, 1.54) is 6.07 Å². The lowest BCUT2D eigenvalue weighted by molar-refractivity contribution is -0.124. The molecule has 19 heavy (non-hydrogen) atoms. The highest BCUT2D eigenvalue weighted by Gasteiger charge is 2.52. The first-order valence-corrected chi connectivity index (χ1v) is 5.36. The predicted octanol–water partition coefficient (Wildman–Crippen LogP) is 0.127. The summed E-state index contributed by atoms with van der Waals surface area (Å²) in [5.41, 5.74) is 3.71. The van der Waals surface area contributed by atoms with Gasteiger partial charge in [0.1, 0.15) is 11.6 Å². The number of nitrogens with two attached hydrogens (primary N) is 1. The third kappa shape index (κ3) is 1.46. The maximum absolute atomic E-state index is 13.6. The Bertz CT molecular complexity index is 663. The highest BCUT2D eigenvalue weighted by atomic mass is 19.1. The Labute approximate surface area is 105 Å². The van der Waals surface area contributed by atoms with Crippen LogP contribution in [0.5, 0.6) is 0 Å². The summed E-state index contributed by atoms with van der Waals surface area (Å²) in [5, 5.41) is 4.40. The molecule has 0 unspecified atom stereocenters. The average molecular weight is 265 g/mol. The molecule has 98 valence electrons. The fourth-order valence-electron chi connectivity index (χ4n) is 2.31. The van der Waals surface area contributed by atoms with E-state index in [9.17, 15) is 18.8 Å². The van der Waals surface area contributed by atoms with Crippen LogP contribution in [0.2, 0.25) is 0 Å². The molecule has 4 N–H and O–H groups in total. The molecular formula is C11H8FN3O4. The zero-order chi connectivity index (χ0) is 13.8. The van der Waals surface area contributed by atoms with Crippen molar-refractivity contribution in [2.75, 3.05) is 0 Å². The van der Waals surface area contributed by atoms with Crippen molar-refractivity contribution in [3.63, 3.8) is 0 Å². The van der Waals surface area contributed by atoms with Gasteiger partial charge < -0.3 is 15.5 Å². The summed E-state index contributed by atoms with van der Waals surface area (Å²) >= 11 is 0. The van der Waals surface area contributed by atoms with Crippen molar-refractivity contribution in [2.24, 2.45) is 5.73 Å². The zero-order valence-electron chi connectivity index (χ0n) is 9.45. The van der Waals surface area contributed by atoms with E-state index >= 15 is 0 Å².